The number of carbonyl (C=O) groups excluding carboxylic acids is 1. The molecule has 1 atom stereocenters. The Labute approximate surface area is 180 Å². The van der Waals surface area contributed by atoms with E-state index in [4.69, 9.17) is 4.42 Å². The standard InChI is InChI=1S/C22H27FN6O2/c1-14(21-15(2)26-27-16(21)3)24-22(30)18-13-31-20(25-18)12-28-8-10-29(11-9-28)19-7-5-4-6-17(19)23/h4-7,13-14H,8-12H2,1-3H3,(H,24,30)(H,26,27). The summed E-state index contributed by atoms with van der Waals surface area (Å²) >= 11 is 0. The molecule has 1 aliphatic rings. The van der Waals surface area contributed by atoms with Gasteiger partial charge in [-0.2, -0.15) is 5.10 Å². The lowest BCUT2D eigenvalue weighted by Gasteiger charge is -2.35. The molecule has 0 aliphatic carbocycles. The number of oxazole rings is 1. The topological polar surface area (TPSA) is 90.3 Å². The Morgan fingerprint density at radius 3 is 2.68 bits per heavy atom. The average molecular weight is 426 g/mol. The van der Waals surface area contributed by atoms with E-state index in [0.29, 0.717) is 18.1 Å². The van der Waals surface area contributed by atoms with Crippen LogP contribution in [0.5, 0.6) is 0 Å². The van der Waals surface area contributed by atoms with Crippen LogP contribution in [0.2, 0.25) is 0 Å². The van der Waals surface area contributed by atoms with E-state index in [1.807, 2.05) is 31.7 Å². The number of hydrogen-bond acceptors (Lipinski definition) is 6. The number of benzene rings is 1. The molecule has 9 heteroatoms. The van der Waals surface area contributed by atoms with Gasteiger partial charge in [0.05, 0.1) is 24.0 Å². The monoisotopic (exact) mass is 426 g/mol. The maximum Gasteiger partial charge on any atom is 0.273 e. The summed E-state index contributed by atoms with van der Waals surface area (Å²) in [6.07, 6.45) is 1.39. The smallest absolute Gasteiger partial charge is 0.273 e. The van der Waals surface area contributed by atoms with Gasteiger partial charge in [-0.3, -0.25) is 14.8 Å². The van der Waals surface area contributed by atoms with Gasteiger partial charge in [0.1, 0.15) is 12.1 Å². The van der Waals surface area contributed by atoms with E-state index in [-0.39, 0.29) is 23.5 Å². The van der Waals surface area contributed by atoms with Crippen LogP contribution >= 0.6 is 0 Å². The fraction of sp³-hybridized carbons (Fsp3) is 0.409. The van der Waals surface area contributed by atoms with E-state index in [9.17, 15) is 9.18 Å². The minimum atomic E-state index is -0.285. The number of hydrogen-bond donors (Lipinski definition) is 2. The van der Waals surface area contributed by atoms with Crippen LogP contribution in [-0.2, 0) is 6.54 Å². The number of nitrogens with one attached hydrogen (secondary N) is 2. The fourth-order valence-corrected chi connectivity index (χ4v) is 4.07. The maximum absolute atomic E-state index is 14.0. The second-order valence-corrected chi connectivity index (χ2v) is 7.88. The third kappa shape index (κ3) is 4.61. The Balaban J connectivity index is 1.31. The summed E-state index contributed by atoms with van der Waals surface area (Å²) in [5.41, 5.74) is 3.66. The molecule has 1 fully saturated rings. The number of anilines is 1. The number of H-pyrrole nitrogens is 1. The minimum absolute atomic E-state index is 0.196. The molecule has 1 amide bonds. The molecule has 0 radical (unpaired) electrons. The average Bonchev–Trinajstić information content (AvgIpc) is 3.35. The van der Waals surface area contributed by atoms with Crippen LogP contribution in [0.25, 0.3) is 0 Å². The molecule has 1 aromatic carbocycles. The second kappa shape index (κ2) is 8.89. The molecule has 0 saturated carbocycles. The van der Waals surface area contributed by atoms with Crippen molar-refractivity contribution in [2.45, 2.75) is 33.4 Å². The van der Waals surface area contributed by atoms with Gasteiger partial charge in [0.25, 0.3) is 5.91 Å². The molecule has 3 heterocycles. The molecule has 1 aliphatic heterocycles. The van der Waals surface area contributed by atoms with Gasteiger partial charge in [-0.1, -0.05) is 12.1 Å². The highest BCUT2D eigenvalue weighted by atomic mass is 19.1. The summed E-state index contributed by atoms with van der Waals surface area (Å²) < 4.78 is 19.5. The number of aryl methyl sites for hydroxylation is 2. The highest BCUT2D eigenvalue weighted by Gasteiger charge is 2.23. The van der Waals surface area contributed by atoms with Crippen LogP contribution in [-0.4, -0.2) is 52.2 Å². The number of amides is 1. The Hall–Kier alpha value is -3.20. The van der Waals surface area contributed by atoms with Crippen LogP contribution in [0.4, 0.5) is 10.1 Å². The van der Waals surface area contributed by atoms with E-state index >= 15 is 0 Å². The molecule has 31 heavy (non-hydrogen) atoms. The molecule has 4 rings (SSSR count). The highest BCUT2D eigenvalue weighted by Crippen LogP contribution is 2.21. The fourth-order valence-electron chi connectivity index (χ4n) is 4.07. The van der Waals surface area contributed by atoms with Gasteiger partial charge in [-0.25, -0.2) is 9.37 Å². The molecule has 1 saturated heterocycles. The predicted octanol–water partition coefficient (Wildman–Crippen LogP) is 2.97. The summed E-state index contributed by atoms with van der Waals surface area (Å²) in [4.78, 5) is 21.2. The zero-order valence-corrected chi connectivity index (χ0v) is 18.0. The van der Waals surface area contributed by atoms with Gasteiger partial charge in [0, 0.05) is 37.4 Å². The zero-order chi connectivity index (χ0) is 22.0. The molecule has 8 nitrogen and oxygen atoms in total. The van der Waals surface area contributed by atoms with Crippen molar-refractivity contribution in [3.63, 3.8) is 0 Å². The van der Waals surface area contributed by atoms with Crippen molar-refractivity contribution in [2.75, 3.05) is 31.1 Å². The summed E-state index contributed by atoms with van der Waals surface area (Å²) in [5, 5.41) is 10.1. The number of piperazine rings is 1. The van der Waals surface area contributed by atoms with Gasteiger partial charge in [0.15, 0.2) is 5.69 Å². The maximum atomic E-state index is 14.0. The molecule has 3 aromatic rings. The number of halogens is 1. The predicted molar refractivity (Wildman–Crippen MR) is 114 cm³/mol. The van der Waals surface area contributed by atoms with Gasteiger partial charge < -0.3 is 14.6 Å². The lowest BCUT2D eigenvalue weighted by molar-refractivity contribution is 0.0934. The molecule has 1 unspecified atom stereocenters. The van der Waals surface area contributed by atoms with Crippen molar-refractivity contribution in [3.8, 4) is 0 Å². The third-order valence-corrected chi connectivity index (χ3v) is 5.67. The Kier molecular flexibility index (Phi) is 6.03. The molecule has 2 aromatic heterocycles. The van der Waals surface area contributed by atoms with Crippen molar-refractivity contribution in [2.24, 2.45) is 0 Å². The summed E-state index contributed by atoms with van der Waals surface area (Å²) in [7, 11) is 0. The van der Waals surface area contributed by atoms with E-state index in [0.717, 1.165) is 43.1 Å². The van der Waals surface area contributed by atoms with Crippen LogP contribution < -0.4 is 10.2 Å². The normalized spacial score (nSPS) is 15.8. The molecule has 0 spiro atoms. The molecule has 0 bridgehead atoms. The van der Waals surface area contributed by atoms with Crippen LogP contribution in [0.1, 0.15) is 46.3 Å². The van der Waals surface area contributed by atoms with Gasteiger partial charge >= 0.3 is 0 Å². The van der Waals surface area contributed by atoms with Crippen molar-refractivity contribution >= 4 is 11.6 Å². The van der Waals surface area contributed by atoms with E-state index in [1.165, 1.54) is 12.3 Å². The summed E-state index contributed by atoms with van der Waals surface area (Å²) in [6, 6.07) is 6.64. The number of para-hydroxylation sites is 1. The SMILES string of the molecule is Cc1n[nH]c(C)c1C(C)NC(=O)c1coc(CN2CCN(c3ccccc3F)CC2)n1. The highest BCUT2D eigenvalue weighted by molar-refractivity contribution is 5.92. The van der Waals surface area contributed by atoms with E-state index < -0.39 is 0 Å². The van der Waals surface area contributed by atoms with E-state index in [2.05, 4.69) is 25.4 Å². The summed E-state index contributed by atoms with van der Waals surface area (Å²) in [5.74, 6) is 0.00836. The number of aromatic nitrogens is 3. The van der Waals surface area contributed by atoms with Crippen molar-refractivity contribution in [1.82, 2.24) is 25.4 Å². The molecule has 164 valence electrons. The number of nitrogens with zero attached hydrogens (tertiary/aromatic N) is 4. The van der Waals surface area contributed by atoms with Crippen molar-refractivity contribution in [1.29, 1.82) is 0 Å². The first kappa shape index (κ1) is 21.0. The molecule has 2 N–H and O–H groups in total. The van der Waals surface area contributed by atoms with Gasteiger partial charge in [-0.15, -0.1) is 0 Å². The molecular formula is C22H27FN6O2. The third-order valence-electron chi connectivity index (χ3n) is 5.67. The molecular weight excluding hydrogens is 399 g/mol. The lowest BCUT2D eigenvalue weighted by Crippen LogP contribution is -2.46. The quantitative estimate of drug-likeness (QED) is 0.630. The number of rotatable bonds is 6. The van der Waals surface area contributed by atoms with Crippen LogP contribution in [0, 0.1) is 19.7 Å². The first-order valence-corrected chi connectivity index (χ1v) is 10.4. The Morgan fingerprint density at radius 1 is 1.26 bits per heavy atom. The minimum Gasteiger partial charge on any atom is -0.447 e. The Bertz CT molecular complexity index is 1030. The second-order valence-electron chi connectivity index (χ2n) is 7.88. The van der Waals surface area contributed by atoms with E-state index in [1.54, 1.807) is 12.1 Å². The lowest BCUT2D eigenvalue weighted by atomic mass is 10.1. The van der Waals surface area contributed by atoms with Crippen LogP contribution in [0.3, 0.4) is 0 Å². The first-order chi connectivity index (χ1) is 14.9. The first-order valence-electron chi connectivity index (χ1n) is 10.4. The van der Waals surface area contributed by atoms with Crippen molar-refractivity contribution < 1.29 is 13.6 Å². The largest absolute Gasteiger partial charge is 0.447 e. The van der Waals surface area contributed by atoms with Gasteiger partial charge in [0.2, 0.25) is 5.89 Å². The van der Waals surface area contributed by atoms with Crippen LogP contribution in [0.15, 0.2) is 34.9 Å². The number of aromatic amines is 1. The number of carbonyl (C=O) groups is 1. The zero-order valence-electron chi connectivity index (χ0n) is 18.0. The van der Waals surface area contributed by atoms with Gasteiger partial charge in [-0.05, 0) is 32.9 Å². The van der Waals surface area contributed by atoms with Crippen molar-refractivity contribution in [3.05, 3.63) is 64.9 Å². The summed E-state index contributed by atoms with van der Waals surface area (Å²) in [6.45, 7) is 9.21. The Morgan fingerprint density at radius 2 is 2.00 bits per heavy atom.